The molecule has 0 aliphatic rings. The summed E-state index contributed by atoms with van der Waals surface area (Å²) in [4.78, 5) is 22.3. The van der Waals surface area contributed by atoms with Crippen LogP contribution in [0.25, 0.3) is 11.0 Å². The zero-order valence-electron chi connectivity index (χ0n) is 13.2. The molecule has 1 amide bonds. The summed E-state index contributed by atoms with van der Waals surface area (Å²) in [6.07, 6.45) is -0.506. The van der Waals surface area contributed by atoms with Gasteiger partial charge in [-0.2, -0.15) is 0 Å². The first-order valence-electron chi connectivity index (χ1n) is 7.11. The Kier molecular flexibility index (Phi) is 4.78. The zero-order chi connectivity index (χ0) is 17.0. The van der Waals surface area contributed by atoms with Gasteiger partial charge in [0.15, 0.2) is 0 Å². The molecular weight excluding hydrogens is 302 g/mol. The summed E-state index contributed by atoms with van der Waals surface area (Å²) < 4.78 is 15.8. The lowest BCUT2D eigenvalue weighted by Gasteiger charge is -2.19. The molecule has 0 radical (unpaired) electrons. The Labute approximate surface area is 133 Å². The van der Waals surface area contributed by atoms with E-state index in [0.29, 0.717) is 16.7 Å². The summed E-state index contributed by atoms with van der Waals surface area (Å²) in [5.41, 5.74) is -0.114. The molecule has 1 heterocycles. The molecule has 124 valence electrons. The molecule has 0 aliphatic heterocycles. The highest BCUT2D eigenvalue weighted by Gasteiger charge is 2.15. The standard InChI is InChI=1S/C16H19NO6/c1-16(2,3)23-15(20)17-6-7-21-11-5-4-10-8-13(14(18)19)22-12(10)9-11/h4-5,8-9H,6-7H2,1-3H3,(H,17,20)(H,18,19). The lowest BCUT2D eigenvalue weighted by atomic mass is 10.2. The van der Waals surface area contributed by atoms with Crippen molar-refractivity contribution in [2.24, 2.45) is 0 Å². The Hall–Kier alpha value is -2.70. The molecule has 7 heteroatoms. The smallest absolute Gasteiger partial charge is 0.407 e. The second-order valence-electron chi connectivity index (χ2n) is 5.89. The first-order chi connectivity index (χ1) is 10.7. The van der Waals surface area contributed by atoms with E-state index in [-0.39, 0.29) is 18.9 Å². The van der Waals surface area contributed by atoms with E-state index in [2.05, 4.69) is 5.32 Å². The minimum Gasteiger partial charge on any atom is -0.492 e. The van der Waals surface area contributed by atoms with Crippen molar-refractivity contribution in [3.05, 3.63) is 30.0 Å². The number of rotatable bonds is 5. The topological polar surface area (TPSA) is 98.0 Å². The Morgan fingerprint density at radius 1 is 1.26 bits per heavy atom. The van der Waals surface area contributed by atoms with Crippen LogP contribution in [0.15, 0.2) is 28.7 Å². The normalized spacial score (nSPS) is 11.3. The maximum atomic E-state index is 11.5. The van der Waals surface area contributed by atoms with E-state index in [9.17, 15) is 9.59 Å². The summed E-state index contributed by atoms with van der Waals surface area (Å²) in [5, 5.41) is 12.1. The van der Waals surface area contributed by atoms with Crippen LogP contribution in [0, 0.1) is 0 Å². The van der Waals surface area contributed by atoms with Crippen molar-refractivity contribution >= 4 is 23.0 Å². The number of nitrogens with one attached hydrogen (secondary N) is 1. The summed E-state index contributed by atoms with van der Waals surface area (Å²) in [6, 6.07) is 6.47. The number of amides is 1. The van der Waals surface area contributed by atoms with E-state index in [4.69, 9.17) is 19.0 Å². The summed E-state index contributed by atoms with van der Waals surface area (Å²) in [6.45, 7) is 5.88. The van der Waals surface area contributed by atoms with Crippen molar-refractivity contribution in [2.45, 2.75) is 26.4 Å². The van der Waals surface area contributed by atoms with Crippen molar-refractivity contribution in [1.82, 2.24) is 5.32 Å². The summed E-state index contributed by atoms with van der Waals surface area (Å²) in [5.74, 6) is -0.719. The third-order valence-corrected chi connectivity index (χ3v) is 2.74. The van der Waals surface area contributed by atoms with E-state index in [1.54, 1.807) is 39.0 Å². The van der Waals surface area contributed by atoms with Gasteiger partial charge in [-0.3, -0.25) is 0 Å². The molecule has 0 spiro atoms. The van der Waals surface area contributed by atoms with Crippen LogP contribution in [-0.4, -0.2) is 35.9 Å². The van der Waals surface area contributed by atoms with Gasteiger partial charge in [0.2, 0.25) is 5.76 Å². The number of alkyl carbamates (subject to hydrolysis) is 1. The molecule has 2 N–H and O–H groups in total. The number of carbonyl (C=O) groups excluding carboxylic acids is 1. The van der Waals surface area contributed by atoms with Crippen molar-refractivity contribution < 1.29 is 28.6 Å². The maximum Gasteiger partial charge on any atom is 0.407 e. The van der Waals surface area contributed by atoms with Gasteiger partial charge in [0.05, 0.1) is 6.54 Å². The number of ether oxygens (including phenoxy) is 2. The zero-order valence-corrected chi connectivity index (χ0v) is 13.2. The van der Waals surface area contributed by atoms with Crippen molar-refractivity contribution in [3.8, 4) is 5.75 Å². The lowest BCUT2D eigenvalue weighted by molar-refractivity contribution is 0.0519. The maximum absolute atomic E-state index is 11.5. The monoisotopic (exact) mass is 321 g/mol. The summed E-state index contributed by atoms with van der Waals surface area (Å²) >= 11 is 0. The Bertz CT molecular complexity index is 713. The van der Waals surface area contributed by atoms with Crippen LogP contribution < -0.4 is 10.1 Å². The third kappa shape index (κ3) is 4.91. The minimum atomic E-state index is -1.12. The second-order valence-corrected chi connectivity index (χ2v) is 5.89. The number of hydrogen-bond acceptors (Lipinski definition) is 5. The molecule has 0 bridgehead atoms. The Morgan fingerprint density at radius 3 is 2.65 bits per heavy atom. The average Bonchev–Trinajstić information content (AvgIpc) is 2.85. The fraction of sp³-hybridized carbons (Fsp3) is 0.375. The molecule has 2 rings (SSSR count). The van der Waals surface area contributed by atoms with Crippen LogP contribution in [0.1, 0.15) is 31.3 Å². The molecule has 0 unspecified atom stereocenters. The molecule has 0 saturated carbocycles. The van der Waals surface area contributed by atoms with Crippen LogP contribution >= 0.6 is 0 Å². The molecule has 0 aliphatic carbocycles. The van der Waals surface area contributed by atoms with Crippen molar-refractivity contribution in [1.29, 1.82) is 0 Å². The first kappa shape index (κ1) is 16.7. The van der Waals surface area contributed by atoms with Gasteiger partial charge in [0, 0.05) is 11.5 Å². The van der Waals surface area contributed by atoms with Crippen LogP contribution in [0.4, 0.5) is 4.79 Å². The molecule has 0 fully saturated rings. The third-order valence-electron chi connectivity index (χ3n) is 2.74. The van der Waals surface area contributed by atoms with Crippen LogP contribution in [0.2, 0.25) is 0 Å². The lowest BCUT2D eigenvalue weighted by Crippen LogP contribution is -2.34. The van der Waals surface area contributed by atoms with Gasteiger partial charge in [0.1, 0.15) is 23.5 Å². The van der Waals surface area contributed by atoms with E-state index in [1.807, 2.05) is 0 Å². The van der Waals surface area contributed by atoms with Crippen LogP contribution in [0.3, 0.4) is 0 Å². The number of carboxylic acid groups (broad SMARTS) is 1. The Balaban J connectivity index is 1.85. The number of fused-ring (bicyclic) bond motifs is 1. The number of aromatic carboxylic acids is 1. The van der Waals surface area contributed by atoms with E-state index >= 15 is 0 Å². The number of benzene rings is 1. The molecule has 2 aromatic rings. The van der Waals surface area contributed by atoms with E-state index in [1.165, 1.54) is 6.07 Å². The van der Waals surface area contributed by atoms with Gasteiger partial charge in [-0.1, -0.05) is 0 Å². The molecule has 0 atom stereocenters. The SMILES string of the molecule is CC(C)(C)OC(=O)NCCOc1ccc2cc(C(=O)O)oc2c1. The largest absolute Gasteiger partial charge is 0.492 e. The van der Waals surface area contributed by atoms with Crippen LogP contribution in [0.5, 0.6) is 5.75 Å². The van der Waals surface area contributed by atoms with Gasteiger partial charge >= 0.3 is 12.1 Å². The molecule has 23 heavy (non-hydrogen) atoms. The van der Waals surface area contributed by atoms with Gasteiger partial charge in [-0.15, -0.1) is 0 Å². The highest BCUT2D eigenvalue weighted by molar-refractivity contribution is 5.91. The van der Waals surface area contributed by atoms with Crippen molar-refractivity contribution in [3.63, 3.8) is 0 Å². The van der Waals surface area contributed by atoms with Crippen LogP contribution in [-0.2, 0) is 4.74 Å². The quantitative estimate of drug-likeness (QED) is 0.821. The van der Waals surface area contributed by atoms with Crippen molar-refractivity contribution in [2.75, 3.05) is 13.2 Å². The Morgan fingerprint density at radius 2 is 2.00 bits per heavy atom. The number of carbonyl (C=O) groups is 2. The van der Waals surface area contributed by atoms with Gasteiger partial charge in [-0.25, -0.2) is 9.59 Å². The first-order valence-corrected chi connectivity index (χ1v) is 7.11. The number of furan rings is 1. The molecule has 1 aromatic heterocycles. The highest BCUT2D eigenvalue weighted by atomic mass is 16.6. The second kappa shape index (κ2) is 6.60. The summed E-state index contributed by atoms with van der Waals surface area (Å²) in [7, 11) is 0. The fourth-order valence-electron chi connectivity index (χ4n) is 1.84. The minimum absolute atomic E-state index is 0.122. The predicted octanol–water partition coefficient (Wildman–Crippen LogP) is 3.03. The fourth-order valence-corrected chi connectivity index (χ4v) is 1.84. The number of carboxylic acids is 1. The number of hydrogen-bond donors (Lipinski definition) is 2. The van der Waals surface area contributed by atoms with E-state index in [0.717, 1.165) is 0 Å². The molecule has 0 saturated heterocycles. The van der Waals surface area contributed by atoms with Gasteiger partial charge in [0.25, 0.3) is 0 Å². The van der Waals surface area contributed by atoms with Gasteiger partial charge < -0.3 is 24.3 Å². The molecule has 7 nitrogen and oxygen atoms in total. The average molecular weight is 321 g/mol. The van der Waals surface area contributed by atoms with E-state index < -0.39 is 17.7 Å². The molecule has 1 aromatic carbocycles. The highest BCUT2D eigenvalue weighted by Crippen LogP contribution is 2.24. The van der Waals surface area contributed by atoms with Gasteiger partial charge in [-0.05, 0) is 39.0 Å². The predicted molar refractivity (Wildman–Crippen MR) is 82.9 cm³/mol. The molecular formula is C16H19NO6.